The molecule has 140 valence electrons. The average molecular weight is 357 g/mol. The van der Waals surface area contributed by atoms with Gasteiger partial charge in [-0.2, -0.15) is 0 Å². The maximum absolute atomic E-state index is 11.5. The number of amides is 1. The maximum atomic E-state index is 11.5. The van der Waals surface area contributed by atoms with E-state index in [1.807, 2.05) is 30.3 Å². The molecular weight excluding hydrogens is 334 g/mol. The minimum atomic E-state index is -1.50. The van der Waals surface area contributed by atoms with Gasteiger partial charge in [0, 0.05) is 6.54 Å². The molecule has 5 N–H and O–H groups in total. The van der Waals surface area contributed by atoms with Gasteiger partial charge in [-0.05, 0) is 5.56 Å². The van der Waals surface area contributed by atoms with Crippen LogP contribution in [0, 0.1) is 0 Å². The number of alkyl carbamates (subject to hydrolysis) is 1. The second-order valence-corrected chi connectivity index (χ2v) is 5.56. The summed E-state index contributed by atoms with van der Waals surface area (Å²) in [4.78, 5) is 11.5. The Morgan fingerprint density at radius 2 is 1.84 bits per heavy atom. The minimum Gasteiger partial charge on any atom is -0.445 e. The number of nitrogens with one attached hydrogen (secondary N) is 1. The van der Waals surface area contributed by atoms with Gasteiger partial charge in [-0.15, -0.1) is 0 Å². The number of ether oxygens (including phenoxy) is 3. The number of carbonyl (C=O) groups excluding carboxylic acids is 1. The van der Waals surface area contributed by atoms with Crippen LogP contribution in [-0.4, -0.2) is 77.0 Å². The molecule has 2 rings (SSSR count). The van der Waals surface area contributed by atoms with Crippen molar-refractivity contribution in [2.24, 2.45) is 0 Å². The Labute approximate surface area is 144 Å². The van der Waals surface area contributed by atoms with Crippen molar-refractivity contribution in [1.82, 2.24) is 5.32 Å². The van der Waals surface area contributed by atoms with Crippen LogP contribution in [0.4, 0.5) is 4.79 Å². The van der Waals surface area contributed by atoms with Gasteiger partial charge in [0.05, 0.1) is 13.2 Å². The van der Waals surface area contributed by atoms with E-state index < -0.39 is 43.4 Å². The number of hydrogen-bond donors (Lipinski definition) is 5. The predicted octanol–water partition coefficient (Wildman–Crippen LogP) is -1.27. The first-order valence-electron chi connectivity index (χ1n) is 7.89. The van der Waals surface area contributed by atoms with Crippen molar-refractivity contribution in [3.8, 4) is 0 Å². The van der Waals surface area contributed by atoms with E-state index in [2.05, 4.69) is 5.32 Å². The summed E-state index contributed by atoms with van der Waals surface area (Å²) in [5.41, 5.74) is 0.857. The van der Waals surface area contributed by atoms with Crippen LogP contribution in [0.25, 0.3) is 0 Å². The molecule has 1 amide bonds. The van der Waals surface area contributed by atoms with Gasteiger partial charge in [0.1, 0.15) is 31.0 Å². The van der Waals surface area contributed by atoms with E-state index in [0.29, 0.717) is 0 Å². The number of aliphatic hydroxyl groups is 4. The standard InChI is InChI=1S/C16H23NO8/c18-8-11-12(19)13(20)14(21)15(25-11)23-7-6-17-16(22)24-9-10-4-2-1-3-5-10/h1-5,11-15,18-21H,6-9H2,(H,17,22)/t11-,12-,13+,14+,15-/m1/s1. The summed E-state index contributed by atoms with van der Waals surface area (Å²) in [6, 6.07) is 9.20. The van der Waals surface area contributed by atoms with Crippen molar-refractivity contribution in [3.05, 3.63) is 35.9 Å². The molecule has 0 spiro atoms. The Hall–Kier alpha value is -1.75. The van der Waals surface area contributed by atoms with E-state index >= 15 is 0 Å². The third-order valence-electron chi connectivity index (χ3n) is 3.71. The van der Waals surface area contributed by atoms with E-state index in [-0.39, 0.29) is 19.8 Å². The molecule has 1 fully saturated rings. The molecular formula is C16H23NO8. The zero-order chi connectivity index (χ0) is 18.2. The molecule has 1 saturated heterocycles. The van der Waals surface area contributed by atoms with Crippen LogP contribution in [0.5, 0.6) is 0 Å². The van der Waals surface area contributed by atoms with Gasteiger partial charge in [-0.3, -0.25) is 0 Å². The Morgan fingerprint density at radius 3 is 2.52 bits per heavy atom. The zero-order valence-corrected chi connectivity index (χ0v) is 13.5. The molecule has 0 aliphatic carbocycles. The fraction of sp³-hybridized carbons (Fsp3) is 0.562. The highest BCUT2D eigenvalue weighted by molar-refractivity contribution is 5.67. The van der Waals surface area contributed by atoms with Crippen LogP contribution in [0.3, 0.4) is 0 Å². The summed E-state index contributed by atoms with van der Waals surface area (Å²) in [5.74, 6) is 0. The monoisotopic (exact) mass is 357 g/mol. The third kappa shape index (κ3) is 5.63. The summed E-state index contributed by atoms with van der Waals surface area (Å²) in [7, 11) is 0. The first kappa shape index (κ1) is 19.6. The molecule has 1 aliphatic heterocycles. The molecule has 1 aromatic carbocycles. The van der Waals surface area contributed by atoms with Gasteiger partial charge >= 0.3 is 6.09 Å². The first-order valence-corrected chi connectivity index (χ1v) is 7.89. The molecule has 1 aromatic rings. The Bertz CT molecular complexity index is 526. The Balaban J connectivity index is 1.65. The lowest BCUT2D eigenvalue weighted by molar-refractivity contribution is -0.300. The summed E-state index contributed by atoms with van der Waals surface area (Å²) < 4.78 is 15.4. The molecule has 9 nitrogen and oxygen atoms in total. The lowest BCUT2D eigenvalue weighted by atomic mass is 9.99. The second kappa shape index (κ2) is 9.66. The third-order valence-corrected chi connectivity index (χ3v) is 3.71. The summed E-state index contributed by atoms with van der Waals surface area (Å²) in [6.07, 6.45) is -7.29. The quantitative estimate of drug-likeness (QED) is 0.381. The van der Waals surface area contributed by atoms with Gasteiger partial charge in [-0.1, -0.05) is 30.3 Å². The number of benzene rings is 1. The SMILES string of the molecule is O=C(NCCO[C@@H]1O[C@H](CO)[C@@H](O)[C@H](O)[C@@H]1O)OCc1ccccc1. The van der Waals surface area contributed by atoms with E-state index in [9.17, 15) is 20.1 Å². The van der Waals surface area contributed by atoms with Crippen molar-refractivity contribution in [1.29, 1.82) is 0 Å². The van der Waals surface area contributed by atoms with E-state index in [1.165, 1.54) is 0 Å². The number of aliphatic hydroxyl groups excluding tert-OH is 4. The summed E-state index contributed by atoms with van der Waals surface area (Å²) in [6.45, 7) is -0.332. The van der Waals surface area contributed by atoms with Gasteiger partial charge in [-0.25, -0.2) is 4.79 Å². The van der Waals surface area contributed by atoms with Gasteiger partial charge in [0.2, 0.25) is 0 Å². The van der Waals surface area contributed by atoms with Gasteiger partial charge in [0.15, 0.2) is 6.29 Å². The number of carbonyl (C=O) groups is 1. The smallest absolute Gasteiger partial charge is 0.407 e. The molecule has 0 unspecified atom stereocenters. The van der Waals surface area contributed by atoms with Crippen molar-refractivity contribution in [3.63, 3.8) is 0 Å². The minimum absolute atomic E-state index is 0.0247. The van der Waals surface area contributed by atoms with Crippen molar-refractivity contribution in [2.45, 2.75) is 37.3 Å². The first-order chi connectivity index (χ1) is 12.0. The van der Waals surface area contributed by atoms with Gasteiger partial charge in [0.25, 0.3) is 0 Å². The highest BCUT2D eigenvalue weighted by atomic mass is 16.7. The Kier molecular flexibility index (Phi) is 7.56. The van der Waals surface area contributed by atoms with Gasteiger partial charge < -0.3 is 40.0 Å². The van der Waals surface area contributed by atoms with E-state index in [1.54, 1.807) is 0 Å². The molecule has 0 radical (unpaired) electrons. The topological polar surface area (TPSA) is 138 Å². The van der Waals surface area contributed by atoms with Crippen LogP contribution in [0.1, 0.15) is 5.56 Å². The Morgan fingerprint density at radius 1 is 1.12 bits per heavy atom. The molecule has 1 heterocycles. The predicted molar refractivity (Wildman–Crippen MR) is 84.3 cm³/mol. The molecule has 1 aliphatic rings. The molecule has 5 atom stereocenters. The second-order valence-electron chi connectivity index (χ2n) is 5.56. The largest absolute Gasteiger partial charge is 0.445 e. The van der Waals surface area contributed by atoms with E-state index in [0.717, 1.165) is 5.56 Å². The highest BCUT2D eigenvalue weighted by Gasteiger charge is 2.43. The summed E-state index contributed by atoms with van der Waals surface area (Å²) >= 11 is 0. The average Bonchev–Trinajstić information content (AvgIpc) is 2.64. The molecule has 0 bridgehead atoms. The molecule has 9 heteroatoms. The highest BCUT2D eigenvalue weighted by Crippen LogP contribution is 2.21. The number of rotatable bonds is 7. The lowest BCUT2D eigenvalue weighted by Crippen LogP contribution is -2.59. The van der Waals surface area contributed by atoms with Crippen LogP contribution in [0.2, 0.25) is 0 Å². The van der Waals surface area contributed by atoms with Crippen molar-refractivity contribution < 1.29 is 39.4 Å². The number of hydrogen-bond acceptors (Lipinski definition) is 8. The summed E-state index contributed by atoms with van der Waals surface area (Å²) in [5, 5.41) is 40.6. The molecule has 25 heavy (non-hydrogen) atoms. The normalized spacial score (nSPS) is 29.2. The van der Waals surface area contributed by atoms with Crippen LogP contribution in [-0.2, 0) is 20.8 Å². The van der Waals surface area contributed by atoms with E-state index in [4.69, 9.17) is 19.3 Å². The van der Waals surface area contributed by atoms with Crippen molar-refractivity contribution in [2.75, 3.05) is 19.8 Å². The van der Waals surface area contributed by atoms with Crippen LogP contribution >= 0.6 is 0 Å². The molecule has 0 aromatic heterocycles. The van der Waals surface area contributed by atoms with Crippen molar-refractivity contribution >= 4 is 6.09 Å². The zero-order valence-electron chi connectivity index (χ0n) is 13.5. The fourth-order valence-corrected chi connectivity index (χ4v) is 2.31. The maximum Gasteiger partial charge on any atom is 0.407 e. The molecule has 0 saturated carbocycles. The van der Waals surface area contributed by atoms with Crippen LogP contribution < -0.4 is 5.32 Å². The fourth-order valence-electron chi connectivity index (χ4n) is 2.31. The lowest BCUT2D eigenvalue weighted by Gasteiger charge is -2.39. The van der Waals surface area contributed by atoms with Crippen LogP contribution in [0.15, 0.2) is 30.3 Å².